The molecule has 9 atom stereocenters. The second-order valence-corrected chi connectivity index (χ2v) is 10.9. The number of hydrogen-bond acceptors (Lipinski definition) is 4. The second-order valence-electron chi connectivity index (χ2n) is 10.9. The summed E-state index contributed by atoms with van der Waals surface area (Å²) in [6.07, 6.45) is 8.80. The zero-order valence-corrected chi connectivity index (χ0v) is 20.3. The molecule has 4 N–H and O–H groups in total. The molecule has 2 saturated carbocycles. The van der Waals surface area contributed by atoms with E-state index >= 15 is 0 Å². The molecule has 31 heavy (non-hydrogen) atoms. The van der Waals surface area contributed by atoms with Crippen LogP contribution in [0.4, 0.5) is 0 Å². The van der Waals surface area contributed by atoms with Gasteiger partial charge in [-0.2, -0.15) is 0 Å². The molecule has 182 valence electrons. The number of rotatable bonds is 13. The van der Waals surface area contributed by atoms with Gasteiger partial charge in [0.05, 0.1) is 18.3 Å². The summed E-state index contributed by atoms with van der Waals surface area (Å²) in [4.78, 5) is 11.1. The largest absolute Gasteiger partial charge is 0.481 e. The third kappa shape index (κ3) is 6.45. The van der Waals surface area contributed by atoms with Crippen LogP contribution in [0.15, 0.2) is 0 Å². The highest BCUT2D eigenvalue weighted by Gasteiger charge is 2.57. The van der Waals surface area contributed by atoms with Gasteiger partial charge in [-0.1, -0.05) is 47.0 Å². The fourth-order valence-corrected chi connectivity index (χ4v) is 7.09. The van der Waals surface area contributed by atoms with Crippen molar-refractivity contribution in [1.29, 1.82) is 0 Å². The van der Waals surface area contributed by atoms with Gasteiger partial charge in [-0.05, 0) is 86.4 Å². The zero-order valence-electron chi connectivity index (χ0n) is 20.3. The smallest absolute Gasteiger partial charge is 0.303 e. The van der Waals surface area contributed by atoms with E-state index in [9.17, 15) is 20.1 Å². The van der Waals surface area contributed by atoms with Crippen molar-refractivity contribution in [3.63, 3.8) is 0 Å². The Bertz CT molecular complexity index is 552. The molecule has 5 heteroatoms. The summed E-state index contributed by atoms with van der Waals surface area (Å²) in [6, 6.07) is 0. The highest BCUT2D eigenvalue weighted by atomic mass is 16.4. The molecular formula is C26H48O5. The first-order chi connectivity index (χ1) is 14.6. The van der Waals surface area contributed by atoms with Gasteiger partial charge in [0, 0.05) is 6.42 Å². The van der Waals surface area contributed by atoms with E-state index in [0.29, 0.717) is 24.7 Å². The summed E-state index contributed by atoms with van der Waals surface area (Å²) >= 11 is 0. The molecule has 0 unspecified atom stereocenters. The lowest BCUT2D eigenvalue weighted by Crippen LogP contribution is -2.51. The second kappa shape index (κ2) is 12.0. The van der Waals surface area contributed by atoms with E-state index in [-0.39, 0.29) is 41.8 Å². The Morgan fingerprint density at radius 1 is 1.06 bits per heavy atom. The van der Waals surface area contributed by atoms with Gasteiger partial charge < -0.3 is 20.4 Å². The van der Waals surface area contributed by atoms with Crippen molar-refractivity contribution in [3.05, 3.63) is 0 Å². The number of carboxylic acid groups (broad SMARTS) is 1. The number of aliphatic hydroxyl groups is 3. The molecule has 0 bridgehead atoms. The summed E-state index contributed by atoms with van der Waals surface area (Å²) in [6.45, 7) is 8.62. The fourth-order valence-electron chi connectivity index (χ4n) is 7.09. The van der Waals surface area contributed by atoms with Gasteiger partial charge >= 0.3 is 5.97 Å². The van der Waals surface area contributed by atoms with Gasteiger partial charge in [0.15, 0.2) is 0 Å². The van der Waals surface area contributed by atoms with Crippen LogP contribution in [0.1, 0.15) is 105 Å². The number of carboxylic acids is 1. The molecule has 0 heterocycles. The highest BCUT2D eigenvalue weighted by Crippen LogP contribution is 2.60. The molecule has 2 aliphatic carbocycles. The molecule has 2 aliphatic rings. The Morgan fingerprint density at radius 3 is 2.39 bits per heavy atom. The van der Waals surface area contributed by atoms with E-state index < -0.39 is 12.1 Å². The Morgan fingerprint density at radius 2 is 1.77 bits per heavy atom. The summed E-state index contributed by atoms with van der Waals surface area (Å²) in [5, 5.41) is 41.8. The topological polar surface area (TPSA) is 98.0 Å². The van der Waals surface area contributed by atoms with Crippen LogP contribution < -0.4 is 0 Å². The van der Waals surface area contributed by atoms with Crippen LogP contribution in [0.5, 0.6) is 0 Å². The van der Waals surface area contributed by atoms with Crippen molar-refractivity contribution in [1.82, 2.24) is 0 Å². The molecule has 5 nitrogen and oxygen atoms in total. The first kappa shape index (κ1) is 26.6. The molecule has 2 rings (SSSR count). The van der Waals surface area contributed by atoms with Crippen LogP contribution >= 0.6 is 0 Å². The molecular weight excluding hydrogens is 392 g/mol. The van der Waals surface area contributed by atoms with Gasteiger partial charge in [0.25, 0.3) is 0 Å². The van der Waals surface area contributed by atoms with Crippen LogP contribution in [0, 0.1) is 35.0 Å². The summed E-state index contributed by atoms with van der Waals surface area (Å²) in [5.74, 6) is 0.605. The predicted molar refractivity (Wildman–Crippen MR) is 124 cm³/mol. The van der Waals surface area contributed by atoms with E-state index in [1.807, 2.05) is 0 Å². The molecule has 0 aromatic rings. The fraction of sp³-hybridized carbons (Fsp3) is 0.962. The third-order valence-corrected chi connectivity index (χ3v) is 9.04. The van der Waals surface area contributed by atoms with E-state index in [2.05, 4.69) is 27.7 Å². The van der Waals surface area contributed by atoms with Gasteiger partial charge in [-0.15, -0.1) is 0 Å². The number of carbonyl (C=O) groups is 1. The molecule has 2 fully saturated rings. The lowest BCUT2D eigenvalue weighted by Gasteiger charge is -2.51. The predicted octanol–water partition coefficient (Wildman–Crippen LogP) is 5.01. The maximum Gasteiger partial charge on any atom is 0.303 e. The Kier molecular flexibility index (Phi) is 10.3. The molecule has 0 spiro atoms. The van der Waals surface area contributed by atoms with Crippen molar-refractivity contribution >= 4 is 5.97 Å². The number of aliphatic hydroxyl groups excluding tert-OH is 3. The van der Waals surface area contributed by atoms with Crippen LogP contribution in [0.3, 0.4) is 0 Å². The van der Waals surface area contributed by atoms with Crippen molar-refractivity contribution in [2.45, 2.75) is 123 Å². The van der Waals surface area contributed by atoms with Gasteiger partial charge in [-0.3, -0.25) is 4.79 Å². The zero-order chi connectivity index (χ0) is 23.2. The third-order valence-electron chi connectivity index (χ3n) is 9.04. The molecule has 0 saturated heterocycles. The van der Waals surface area contributed by atoms with Crippen LogP contribution in [-0.4, -0.2) is 44.7 Å². The summed E-state index contributed by atoms with van der Waals surface area (Å²) in [7, 11) is 0. The molecule has 0 radical (unpaired) electrons. The number of aliphatic carboxylic acids is 1. The maximum atomic E-state index is 11.3. The van der Waals surface area contributed by atoms with Crippen molar-refractivity contribution in [2.75, 3.05) is 0 Å². The highest BCUT2D eigenvalue weighted by molar-refractivity contribution is 5.66. The monoisotopic (exact) mass is 440 g/mol. The molecule has 0 aromatic carbocycles. The minimum absolute atomic E-state index is 0.180. The van der Waals surface area contributed by atoms with E-state index in [4.69, 9.17) is 5.11 Å². The average Bonchev–Trinajstić information content (AvgIpc) is 3.09. The first-order valence-electron chi connectivity index (χ1n) is 12.9. The van der Waals surface area contributed by atoms with Gasteiger partial charge in [-0.25, -0.2) is 0 Å². The van der Waals surface area contributed by atoms with Gasteiger partial charge in [0.2, 0.25) is 0 Å². The lowest BCUT2D eigenvalue weighted by atomic mass is 9.56. The van der Waals surface area contributed by atoms with E-state index in [1.54, 1.807) is 0 Å². The Balaban J connectivity index is 2.05. The van der Waals surface area contributed by atoms with Crippen LogP contribution in [0.25, 0.3) is 0 Å². The minimum atomic E-state index is -0.754. The average molecular weight is 441 g/mol. The van der Waals surface area contributed by atoms with Crippen molar-refractivity contribution in [2.24, 2.45) is 35.0 Å². The van der Waals surface area contributed by atoms with Crippen LogP contribution in [-0.2, 0) is 4.79 Å². The number of unbranched alkanes of at least 4 members (excludes halogenated alkanes) is 1. The van der Waals surface area contributed by atoms with Crippen molar-refractivity contribution < 1.29 is 25.2 Å². The number of hydrogen-bond donors (Lipinski definition) is 4. The van der Waals surface area contributed by atoms with E-state index in [1.165, 1.54) is 0 Å². The normalized spacial score (nSPS) is 34.7. The molecule has 0 amide bonds. The SMILES string of the molecule is CCCC[C@@H](O)C[C@H](CC)C[C@H](O)[C@@H]1CC[C@H](O)[C@]2(C)[C@@H]([C@H](C)CCC(=O)O)CC[C@@H]12. The summed E-state index contributed by atoms with van der Waals surface area (Å²) < 4.78 is 0. The Hall–Kier alpha value is -0.650. The molecule has 0 aliphatic heterocycles. The first-order valence-corrected chi connectivity index (χ1v) is 12.9. The quantitative estimate of drug-likeness (QED) is 0.323. The molecule has 0 aromatic heterocycles. The van der Waals surface area contributed by atoms with Gasteiger partial charge in [0.1, 0.15) is 0 Å². The Labute approximate surface area is 189 Å². The summed E-state index contributed by atoms with van der Waals surface area (Å²) in [5.41, 5.74) is -0.246. The standard InChI is InChI=1S/C26H48O5/c1-5-7-8-19(27)15-18(6-2)16-23(28)20-10-13-24(29)26(4)21(11-12-22(20)26)17(3)9-14-25(30)31/h17-24,27-29H,5-16H2,1-4H3,(H,30,31)/t17-,18+,19-,20-,21-,22+,23+,24+,26-/m1/s1. The van der Waals surface area contributed by atoms with E-state index in [0.717, 1.165) is 57.8 Å². The number of fused-ring (bicyclic) bond motifs is 1. The van der Waals surface area contributed by atoms with Crippen molar-refractivity contribution in [3.8, 4) is 0 Å². The van der Waals surface area contributed by atoms with Crippen LogP contribution in [0.2, 0.25) is 0 Å². The maximum absolute atomic E-state index is 11.3. The minimum Gasteiger partial charge on any atom is -0.481 e. The lowest BCUT2D eigenvalue weighted by molar-refractivity contribution is -0.138.